The monoisotopic (exact) mass is 189 g/mol. The summed E-state index contributed by atoms with van der Waals surface area (Å²) in [5, 5.41) is 0. The molecule has 1 heteroatoms. The summed E-state index contributed by atoms with van der Waals surface area (Å²) < 4.78 is 0. The molecule has 1 saturated heterocycles. The highest BCUT2D eigenvalue weighted by Gasteiger charge is 2.20. The maximum Gasteiger partial charge on any atom is 0.0891 e. The van der Waals surface area contributed by atoms with Crippen molar-refractivity contribution in [2.24, 2.45) is 0 Å². The Kier molecular flexibility index (Phi) is 2.87. The van der Waals surface area contributed by atoms with Crippen LogP contribution in [-0.4, -0.2) is 6.54 Å². The van der Waals surface area contributed by atoms with Crippen LogP contribution in [0.3, 0.4) is 0 Å². The SMILES string of the molecule is [CH2-][NH+]1CCCCC1c1cccc(C)c1. The van der Waals surface area contributed by atoms with Gasteiger partial charge in [0.1, 0.15) is 0 Å². The third kappa shape index (κ3) is 1.98. The average molecular weight is 189 g/mol. The topological polar surface area (TPSA) is 4.44 Å². The molecule has 1 N–H and O–H groups in total. The van der Waals surface area contributed by atoms with E-state index < -0.39 is 0 Å². The van der Waals surface area contributed by atoms with E-state index in [1.165, 1.54) is 41.8 Å². The van der Waals surface area contributed by atoms with Crippen molar-refractivity contribution in [2.75, 3.05) is 6.54 Å². The minimum atomic E-state index is 0.628. The molecular formula is C13H19N. The van der Waals surface area contributed by atoms with Crippen molar-refractivity contribution >= 4 is 0 Å². The highest BCUT2D eigenvalue weighted by molar-refractivity contribution is 5.24. The molecule has 0 spiro atoms. The number of rotatable bonds is 1. The first-order chi connectivity index (χ1) is 6.77. The lowest BCUT2D eigenvalue weighted by Gasteiger charge is -2.35. The Hall–Kier alpha value is -0.820. The molecule has 1 aliphatic heterocycles. The molecule has 1 nitrogen and oxygen atoms in total. The highest BCUT2D eigenvalue weighted by Crippen LogP contribution is 2.19. The number of quaternary nitrogens is 1. The summed E-state index contributed by atoms with van der Waals surface area (Å²) in [5.41, 5.74) is 2.83. The third-order valence-electron chi connectivity index (χ3n) is 3.18. The van der Waals surface area contributed by atoms with E-state index in [0.29, 0.717) is 6.04 Å². The van der Waals surface area contributed by atoms with Gasteiger partial charge in [-0.05, 0) is 19.8 Å². The van der Waals surface area contributed by atoms with Crippen LogP contribution in [0.2, 0.25) is 0 Å². The number of nitrogens with one attached hydrogen (secondary N) is 1. The fraction of sp³-hybridized carbons (Fsp3) is 0.462. The minimum Gasteiger partial charge on any atom is -0.462 e. The Balaban J connectivity index is 2.20. The molecule has 1 heterocycles. The summed E-state index contributed by atoms with van der Waals surface area (Å²) >= 11 is 0. The zero-order valence-electron chi connectivity index (χ0n) is 8.92. The summed E-state index contributed by atoms with van der Waals surface area (Å²) in [6.45, 7) is 3.38. The van der Waals surface area contributed by atoms with E-state index >= 15 is 0 Å². The first kappa shape index (κ1) is 9.72. The predicted molar refractivity (Wildman–Crippen MR) is 59.0 cm³/mol. The van der Waals surface area contributed by atoms with E-state index in [4.69, 9.17) is 0 Å². The van der Waals surface area contributed by atoms with E-state index in [0.717, 1.165) is 0 Å². The van der Waals surface area contributed by atoms with Crippen LogP contribution in [0.4, 0.5) is 0 Å². The van der Waals surface area contributed by atoms with Crippen molar-refractivity contribution in [3.63, 3.8) is 0 Å². The van der Waals surface area contributed by atoms with Crippen LogP contribution < -0.4 is 4.90 Å². The third-order valence-corrected chi connectivity index (χ3v) is 3.18. The molecule has 1 aromatic carbocycles. The Morgan fingerprint density at radius 3 is 2.93 bits per heavy atom. The van der Waals surface area contributed by atoms with Crippen LogP contribution >= 0.6 is 0 Å². The lowest BCUT2D eigenvalue weighted by molar-refractivity contribution is -0.893. The number of likely N-dealkylation sites (tertiary alicyclic amines) is 1. The Bertz CT molecular complexity index is 306. The molecule has 1 aliphatic rings. The molecule has 2 rings (SSSR count). The Labute approximate surface area is 86.7 Å². The molecule has 1 aromatic rings. The minimum absolute atomic E-state index is 0.628. The van der Waals surface area contributed by atoms with Crippen molar-refractivity contribution in [1.29, 1.82) is 0 Å². The number of benzene rings is 1. The van der Waals surface area contributed by atoms with E-state index in [1.807, 2.05) is 0 Å². The van der Waals surface area contributed by atoms with Crippen molar-refractivity contribution in [2.45, 2.75) is 32.2 Å². The van der Waals surface area contributed by atoms with E-state index in [-0.39, 0.29) is 0 Å². The van der Waals surface area contributed by atoms with Crippen LogP contribution in [-0.2, 0) is 0 Å². The normalized spacial score (nSPS) is 27.6. The predicted octanol–water partition coefficient (Wildman–Crippen LogP) is 1.90. The van der Waals surface area contributed by atoms with Gasteiger partial charge >= 0.3 is 0 Å². The fourth-order valence-electron chi connectivity index (χ4n) is 2.37. The lowest BCUT2D eigenvalue weighted by atomic mass is 9.95. The quantitative estimate of drug-likeness (QED) is 0.644. The van der Waals surface area contributed by atoms with Gasteiger partial charge in [0.2, 0.25) is 0 Å². The van der Waals surface area contributed by atoms with Gasteiger partial charge in [-0.2, -0.15) is 7.05 Å². The van der Waals surface area contributed by atoms with Crippen LogP contribution in [0, 0.1) is 14.0 Å². The molecule has 0 saturated carbocycles. The second kappa shape index (κ2) is 4.14. The summed E-state index contributed by atoms with van der Waals surface area (Å²) in [4.78, 5) is 1.43. The molecule has 0 aliphatic carbocycles. The summed E-state index contributed by atoms with van der Waals surface area (Å²) in [6.07, 6.45) is 3.99. The van der Waals surface area contributed by atoms with Gasteiger partial charge in [0.15, 0.2) is 0 Å². The van der Waals surface area contributed by atoms with Gasteiger partial charge in [0.25, 0.3) is 0 Å². The summed E-state index contributed by atoms with van der Waals surface area (Å²) in [6, 6.07) is 9.50. The number of hydrogen-bond donors (Lipinski definition) is 1. The lowest BCUT2D eigenvalue weighted by Crippen LogP contribution is -3.08. The van der Waals surface area contributed by atoms with Crippen molar-refractivity contribution < 1.29 is 4.90 Å². The molecule has 14 heavy (non-hydrogen) atoms. The maximum absolute atomic E-state index is 4.20. The van der Waals surface area contributed by atoms with E-state index in [9.17, 15) is 0 Å². The number of aryl methyl sites for hydroxylation is 1. The van der Waals surface area contributed by atoms with Crippen LogP contribution in [0.1, 0.15) is 36.4 Å². The zero-order valence-corrected chi connectivity index (χ0v) is 8.92. The molecule has 0 aromatic heterocycles. The van der Waals surface area contributed by atoms with Gasteiger partial charge in [-0.25, -0.2) is 0 Å². The van der Waals surface area contributed by atoms with Gasteiger partial charge < -0.3 is 4.90 Å². The standard InChI is InChI=1S/C13H19N/c1-11-6-5-7-12(10-11)13-8-3-4-9-14(13)2/h5-7,10,13-14H,2-4,8-9H2,1H3. The van der Waals surface area contributed by atoms with Gasteiger partial charge in [0, 0.05) is 12.0 Å². The van der Waals surface area contributed by atoms with Gasteiger partial charge in [-0.1, -0.05) is 29.8 Å². The van der Waals surface area contributed by atoms with Gasteiger partial charge in [-0.15, -0.1) is 0 Å². The molecule has 0 bridgehead atoms. The summed E-state index contributed by atoms with van der Waals surface area (Å²) in [7, 11) is 4.20. The summed E-state index contributed by atoms with van der Waals surface area (Å²) in [5.74, 6) is 0. The smallest absolute Gasteiger partial charge is 0.0891 e. The molecule has 1 fully saturated rings. The van der Waals surface area contributed by atoms with Gasteiger partial charge in [-0.3, -0.25) is 0 Å². The number of hydrogen-bond acceptors (Lipinski definition) is 0. The van der Waals surface area contributed by atoms with Crippen molar-refractivity contribution in [3.8, 4) is 0 Å². The fourth-order valence-corrected chi connectivity index (χ4v) is 2.37. The van der Waals surface area contributed by atoms with E-state index in [2.05, 4.69) is 38.2 Å². The van der Waals surface area contributed by atoms with Crippen LogP contribution in [0.5, 0.6) is 0 Å². The molecule has 0 radical (unpaired) electrons. The molecule has 2 atom stereocenters. The molecule has 76 valence electrons. The molecule has 2 unspecified atom stereocenters. The van der Waals surface area contributed by atoms with E-state index in [1.54, 1.807) is 0 Å². The van der Waals surface area contributed by atoms with Crippen LogP contribution in [0.25, 0.3) is 0 Å². The first-order valence-corrected chi connectivity index (χ1v) is 5.51. The highest BCUT2D eigenvalue weighted by atomic mass is 15.1. The van der Waals surface area contributed by atoms with Crippen LogP contribution in [0.15, 0.2) is 24.3 Å². The Morgan fingerprint density at radius 1 is 1.36 bits per heavy atom. The maximum atomic E-state index is 4.20. The largest absolute Gasteiger partial charge is 0.462 e. The van der Waals surface area contributed by atoms with Crippen molar-refractivity contribution in [3.05, 3.63) is 42.4 Å². The molecule has 0 amide bonds. The average Bonchev–Trinajstić information content (AvgIpc) is 2.18. The van der Waals surface area contributed by atoms with Gasteiger partial charge in [0.05, 0.1) is 12.6 Å². The number of piperidine rings is 1. The first-order valence-electron chi connectivity index (χ1n) is 5.51. The molecular weight excluding hydrogens is 170 g/mol. The Morgan fingerprint density at radius 2 is 2.21 bits per heavy atom. The second-order valence-electron chi connectivity index (χ2n) is 4.37. The van der Waals surface area contributed by atoms with Crippen molar-refractivity contribution in [1.82, 2.24) is 0 Å². The zero-order chi connectivity index (χ0) is 9.97. The second-order valence-corrected chi connectivity index (χ2v) is 4.37.